The van der Waals surface area contributed by atoms with Crippen LogP contribution in [0.3, 0.4) is 0 Å². The van der Waals surface area contributed by atoms with Gasteiger partial charge in [-0.25, -0.2) is 4.39 Å². The van der Waals surface area contributed by atoms with Crippen LogP contribution >= 0.6 is 0 Å². The van der Waals surface area contributed by atoms with E-state index < -0.39 is 0 Å². The van der Waals surface area contributed by atoms with E-state index in [1.807, 2.05) is 30.9 Å². The molecule has 1 aliphatic rings. The van der Waals surface area contributed by atoms with E-state index in [0.717, 1.165) is 12.1 Å². The molecule has 1 saturated heterocycles. The van der Waals surface area contributed by atoms with Crippen LogP contribution in [0.5, 0.6) is 0 Å². The third kappa shape index (κ3) is 3.69. The van der Waals surface area contributed by atoms with E-state index in [2.05, 4.69) is 5.32 Å². The number of ether oxygens (including phenoxy) is 1. The number of hydrogen-bond donors (Lipinski definition) is 2. The van der Waals surface area contributed by atoms with E-state index in [1.54, 1.807) is 6.07 Å². The lowest BCUT2D eigenvalue weighted by molar-refractivity contribution is -0.0422. The molecule has 0 aliphatic carbocycles. The second-order valence-corrected chi connectivity index (χ2v) is 5.22. The van der Waals surface area contributed by atoms with Crippen molar-refractivity contribution in [1.29, 1.82) is 0 Å². The molecule has 0 aromatic heterocycles. The van der Waals surface area contributed by atoms with Gasteiger partial charge in [-0.05, 0) is 31.2 Å². The van der Waals surface area contributed by atoms with Gasteiger partial charge in [-0.15, -0.1) is 0 Å². The van der Waals surface area contributed by atoms with Gasteiger partial charge in [0.05, 0.1) is 24.5 Å². The molecule has 1 aromatic rings. The third-order valence-electron chi connectivity index (χ3n) is 3.46. The quantitative estimate of drug-likeness (QED) is 0.859. The average molecular weight is 282 g/mol. The number of rotatable bonds is 5. The van der Waals surface area contributed by atoms with Crippen molar-refractivity contribution in [3.63, 3.8) is 0 Å². The maximum absolute atomic E-state index is 14.2. The molecule has 0 amide bonds. The molecule has 1 aliphatic heterocycles. The molecule has 1 heterocycles. The number of nitrogens with one attached hydrogen (secondary N) is 1. The molecular weight excluding hydrogens is 259 g/mol. The monoisotopic (exact) mass is 282 g/mol. The van der Waals surface area contributed by atoms with Crippen LogP contribution < -0.4 is 10.2 Å². The Balaban J connectivity index is 2.11. The van der Waals surface area contributed by atoms with E-state index in [9.17, 15) is 9.50 Å². The summed E-state index contributed by atoms with van der Waals surface area (Å²) in [6.07, 6.45) is -0.263. The SMILES string of the molecule is CCNCc1ccc(N2CC(C)OC(CO)C2)c(F)c1. The number of halogens is 1. The van der Waals surface area contributed by atoms with Crippen molar-refractivity contribution in [3.05, 3.63) is 29.6 Å². The topological polar surface area (TPSA) is 44.7 Å². The first-order valence-corrected chi connectivity index (χ1v) is 7.14. The number of aliphatic hydroxyl groups is 1. The summed E-state index contributed by atoms with van der Waals surface area (Å²) < 4.78 is 19.8. The minimum Gasteiger partial charge on any atom is -0.394 e. The predicted octanol–water partition coefficient (Wildman–Crippen LogP) is 1.52. The number of aliphatic hydroxyl groups excluding tert-OH is 1. The molecule has 1 fully saturated rings. The van der Waals surface area contributed by atoms with Crippen molar-refractivity contribution in [2.24, 2.45) is 0 Å². The molecule has 2 unspecified atom stereocenters. The van der Waals surface area contributed by atoms with Crippen LogP contribution in [0.25, 0.3) is 0 Å². The lowest BCUT2D eigenvalue weighted by atomic mass is 10.1. The Hall–Kier alpha value is -1.17. The highest BCUT2D eigenvalue weighted by molar-refractivity contribution is 5.50. The molecule has 0 spiro atoms. The van der Waals surface area contributed by atoms with Gasteiger partial charge in [0.15, 0.2) is 0 Å². The van der Waals surface area contributed by atoms with Crippen molar-refractivity contribution in [2.45, 2.75) is 32.6 Å². The summed E-state index contributed by atoms with van der Waals surface area (Å²) in [5.41, 5.74) is 1.52. The predicted molar refractivity (Wildman–Crippen MR) is 77.4 cm³/mol. The van der Waals surface area contributed by atoms with E-state index in [4.69, 9.17) is 4.74 Å². The van der Waals surface area contributed by atoms with Gasteiger partial charge in [0.25, 0.3) is 0 Å². The summed E-state index contributed by atoms with van der Waals surface area (Å²) in [6.45, 7) is 6.61. The standard InChI is InChI=1S/C15H23FN2O2/c1-3-17-7-12-4-5-15(14(16)6-12)18-8-11(2)20-13(9-18)10-19/h4-6,11,13,17,19H,3,7-10H2,1-2H3. The van der Waals surface area contributed by atoms with Crippen molar-refractivity contribution in [1.82, 2.24) is 5.32 Å². The Labute approximate surface area is 119 Å². The first-order valence-electron chi connectivity index (χ1n) is 7.14. The maximum atomic E-state index is 14.2. The smallest absolute Gasteiger partial charge is 0.146 e. The fourth-order valence-corrected chi connectivity index (χ4v) is 2.53. The van der Waals surface area contributed by atoms with E-state index in [1.165, 1.54) is 0 Å². The number of morpholine rings is 1. The molecule has 20 heavy (non-hydrogen) atoms. The van der Waals surface area contributed by atoms with Crippen LogP contribution in [-0.2, 0) is 11.3 Å². The Morgan fingerprint density at radius 3 is 2.90 bits per heavy atom. The van der Waals surface area contributed by atoms with Crippen molar-refractivity contribution >= 4 is 5.69 Å². The summed E-state index contributed by atoms with van der Waals surface area (Å²) in [5, 5.41) is 12.4. The first kappa shape index (κ1) is 15.2. The van der Waals surface area contributed by atoms with Crippen LogP contribution in [0.2, 0.25) is 0 Å². The number of hydrogen-bond acceptors (Lipinski definition) is 4. The summed E-state index contributed by atoms with van der Waals surface area (Å²) in [4.78, 5) is 1.95. The molecule has 0 bridgehead atoms. The fraction of sp³-hybridized carbons (Fsp3) is 0.600. The van der Waals surface area contributed by atoms with E-state index >= 15 is 0 Å². The van der Waals surface area contributed by atoms with Gasteiger partial charge in [-0.3, -0.25) is 0 Å². The van der Waals surface area contributed by atoms with Gasteiger partial charge in [0.1, 0.15) is 5.82 Å². The second-order valence-electron chi connectivity index (χ2n) is 5.22. The Morgan fingerprint density at radius 2 is 2.25 bits per heavy atom. The zero-order valence-electron chi connectivity index (χ0n) is 12.1. The summed E-state index contributed by atoms with van der Waals surface area (Å²) in [7, 11) is 0. The van der Waals surface area contributed by atoms with Crippen LogP contribution in [-0.4, -0.2) is 43.6 Å². The Morgan fingerprint density at radius 1 is 1.45 bits per heavy atom. The van der Waals surface area contributed by atoms with Gasteiger partial charge >= 0.3 is 0 Å². The molecule has 0 saturated carbocycles. The van der Waals surface area contributed by atoms with E-state index in [0.29, 0.717) is 25.3 Å². The average Bonchev–Trinajstić information content (AvgIpc) is 2.44. The molecule has 2 rings (SSSR count). The third-order valence-corrected chi connectivity index (χ3v) is 3.46. The number of benzene rings is 1. The van der Waals surface area contributed by atoms with Gasteiger partial charge in [0, 0.05) is 19.6 Å². The van der Waals surface area contributed by atoms with Crippen LogP contribution in [0.1, 0.15) is 19.4 Å². The van der Waals surface area contributed by atoms with Crippen molar-refractivity contribution < 1.29 is 14.2 Å². The summed E-state index contributed by atoms with van der Waals surface area (Å²) in [5.74, 6) is -0.216. The lowest BCUT2D eigenvalue weighted by Gasteiger charge is -2.37. The molecule has 2 N–H and O–H groups in total. The highest BCUT2D eigenvalue weighted by Crippen LogP contribution is 2.24. The number of anilines is 1. The van der Waals surface area contributed by atoms with E-state index in [-0.39, 0.29) is 24.6 Å². The molecule has 2 atom stereocenters. The summed E-state index contributed by atoms with van der Waals surface area (Å²) in [6, 6.07) is 5.33. The highest BCUT2D eigenvalue weighted by Gasteiger charge is 2.26. The zero-order chi connectivity index (χ0) is 14.5. The molecule has 1 aromatic carbocycles. The van der Waals surface area contributed by atoms with Crippen molar-refractivity contribution in [3.8, 4) is 0 Å². The van der Waals surface area contributed by atoms with Gasteiger partial charge in [-0.2, -0.15) is 0 Å². The molecule has 112 valence electrons. The fourth-order valence-electron chi connectivity index (χ4n) is 2.53. The normalized spacial score (nSPS) is 23.1. The number of nitrogens with zero attached hydrogens (tertiary/aromatic N) is 1. The molecule has 5 heteroatoms. The molecule has 0 radical (unpaired) electrons. The molecular formula is C15H23FN2O2. The Kier molecular flexibility index (Phi) is 5.34. The first-order chi connectivity index (χ1) is 9.63. The van der Waals surface area contributed by atoms with Crippen LogP contribution in [0.15, 0.2) is 18.2 Å². The van der Waals surface area contributed by atoms with Crippen LogP contribution in [0.4, 0.5) is 10.1 Å². The van der Waals surface area contributed by atoms with Gasteiger partial charge in [-0.1, -0.05) is 13.0 Å². The zero-order valence-corrected chi connectivity index (χ0v) is 12.1. The summed E-state index contributed by atoms with van der Waals surface area (Å²) >= 11 is 0. The highest BCUT2D eigenvalue weighted by atomic mass is 19.1. The maximum Gasteiger partial charge on any atom is 0.146 e. The minimum atomic E-state index is -0.250. The minimum absolute atomic E-state index is 0.0123. The van der Waals surface area contributed by atoms with Gasteiger partial charge < -0.3 is 20.1 Å². The molecule has 4 nitrogen and oxygen atoms in total. The van der Waals surface area contributed by atoms with Gasteiger partial charge in [0.2, 0.25) is 0 Å². The Bertz CT molecular complexity index is 442. The van der Waals surface area contributed by atoms with Crippen LogP contribution in [0, 0.1) is 5.82 Å². The second kappa shape index (κ2) is 7.02. The lowest BCUT2D eigenvalue weighted by Crippen LogP contribution is -2.48. The largest absolute Gasteiger partial charge is 0.394 e. The van der Waals surface area contributed by atoms with Crippen molar-refractivity contribution in [2.75, 3.05) is 31.1 Å².